The van der Waals surface area contributed by atoms with Crippen LogP contribution in [0.2, 0.25) is 12.6 Å². The first-order valence-corrected chi connectivity index (χ1v) is 11.6. The van der Waals surface area contributed by atoms with E-state index in [1.807, 2.05) is 0 Å². The van der Waals surface area contributed by atoms with E-state index in [0.29, 0.717) is 0 Å². The van der Waals surface area contributed by atoms with Crippen molar-refractivity contribution in [2.24, 2.45) is 0 Å². The molecule has 0 atom stereocenters. The van der Waals surface area contributed by atoms with E-state index in [9.17, 15) is 0 Å². The molecule has 0 aliphatic rings. The van der Waals surface area contributed by atoms with Crippen LogP contribution in [0.4, 0.5) is 0 Å². The van der Waals surface area contributed by atoms with Gasteiger partial charge in [0.25, 0.3) is 0 Å². The topological polar surface area (TPSA) is 40.2 Å². The van der Waals surface area contributed by atoms with Gasteiger partial charge in [-0.15, -0.1) is 0 Å². The minimum Gasteiger partial charge on any atom is -0.394 e. The molecule has 0 aromatic carbocycles. The van der Waals surface area contributed by atoms with Crippen molar-refractivity contribution in [3.8, 4) is 0 Å². The van der Waals surface area contributed by atoms with E-state index in [4.69, 9.17) is 18.3 Å². The number of ether oxygens (including phenoxy) is 2. The van der Waals surface area contributed by atoms with Crippen LogP contribution in [0.15, 0.2) is 0 Å². The van der Waals surface area contributed by atoms with Crippen LogP contribution < -0.4 is 0 Å². The van der Waals surface area contributed by atoms with Crippen molar-refractivity contribution in [2.75, 3.05) is 60.3 Å². The molecule has 6 heteroatoms. The molecule has 5 nitrogen and oxygen atoms in total. The lowest BCUT2D eigenvalue weighted by Gasteiger charge is -2.28. The van der Waals surface area contributed by atoms with Crippen molar-refractivity contribution in [1.82, 2.24) is 4.90 Å². The van der Waals surface area contributed by atoms with Crippen molar-refractivity contribution >= 4 is 8.56 Å². The van der Waals surface area contributed by atoms with Crippen LogP contribution in [0.1, 0.15) is 39.5 Å². The molecule has 0 aromatic rings. The third-order valence-corrected chi connectivity index (χ3v) is 6.65. The number of hydrogen-bond donors (Lipinski definition) is 0. The predicted octanol–water partition coefficient (Wildman–Crippen LogP) is 3.29. The third kappa shape index (κ3) is 13.0. The Morgan fingerprint density at radius 3 is 1.83 bits per heavy atom. The van der Waals surface area contributed by atoms with Gasteiger partial charge in [0.2, 0.25) is 0 Å². The molecule has 0 saturated carbocycles. The fourth-order valence-electron chi connectivity index (χ4n) is 2.43. The average molecular weight is 350 g/mol. The van der Waals surface area contributed by atoms with Crippen molar-refractivity contribution in [2.45, 2.75) is 52.1 Å². The number of hydrogen-bond acceptors (Lipinski definition) is 5. The van der Waals surface area contributed by atoms with Crippen LogP contribution in [-0.2, 0) is 18.3 Å². The zero-order valence-corrected chi connectivity index (χ0v) is 17.1. The Morgan fingerprint density at radius 1 is 0.739 bits per heavy atom. The summed E-state index contributed by atoms with van der Waals surface area (Å²) < 4.78 is 22.6. The minimum absolute atomic E-state index is 0.778. The Hall–Kier alpha value is 0.0169. The highest BCUT2D eigenvalue weighted by atomic mass is 28.4. The van der Waals surface area contributed by atoms with E-state index in [2.05, 4.69) is 25.3 Å². The van der Waals surface area contributed by atoms with Gasteiger partial charge in [0.05, 0.1) is 6.61 Å². The van der Waals surface area contributed by atoms with Gasteiger partial charge in [0, 0.05) is 47.1 Å². The number of nitrogens with zero attached hydrogens (tertiary/aromatic N) is 1. The van der Waals surface area contributed by atoms with Gasteiger partial charge < -0.3 is 23.2 Å². The van der Waals surface area contributed by atoms with Gasteiger partial charge in [-0.1, -0.05) is 13.8 Å². The van der Waals surface area contributed by atoms with Crippen LogP contribution >= 0.6 is 0 Å². The molecule has 0 aliphatic carbocycles. The molecule has 0 spiro atoms. The zero-order chi connectivity index (χ0) is 17.4. The molecule has 0 saturated heterocycles. The molecule has 0 radical (unpaired) electrons. The number of rotatable bonds is 17. The molecule has 0 heterocycles. The predicted molar refractivity (Wildman–Crippen MR) is 98.3 cm³/mol. The van der Waals surface area contributed by atoms with Gasteiger partial charge in [-0.3, -0.25) is 0 Å². The maximum absolute atomic E-state index is 6.10. The first kappa shape index (κ1) is 23.0. The quantitative estimate of drug-likeness (QED) is 0.298. The van der Waals surface area contributed by atoms with Gasteiger partial charge in [0.1, 0.15) is 0 Å². The van der Waals surface area contributed by atoms with Gasteiger partial charge in [0.15, 0.2) is 0 Å². The summed E-state index contributed by atoms with van der Waals surface area (Å²) in [7, 11) is 1.50. The van der Waals surface area contributed by atoms with Crippen LogP contribution in [0.3, 0.4) is 0 Å². The van der Waals surface area contributed by atoms with Crippen LogP contribution in [-0.4, -0.2) is 73.7 Å². The molecule has 0 amide bonds. The average Bonchev–Trinajstić information content (AvgIpc) is 2.56. The van der Waals surface area contributed by atoms with Crippen molar-refractivity contribution in [3.05, 3.63) is 0 Å². The molecule has 0 unspecified atom stereocenters. The second-order valence-corrected chi connectivity index (χ2v) is 9.46. The summed E-state index contributed by atoms with van der Waals surface area (Å²) in [6.07, 6.45) is 4.28. The standard InChI is InChI=1S/C17H39NO4Si/c1-6-13-21-23(5,22-14-7-2)17-9-11-18(12-16-20-4)10-8-15-19-3/h6-17H2,1-5H3. The van der Waals surface area contributed by atoms with Crippen LogP contribution in [0.25, 0.3) is 0 Å². The highest BCUT2D eigenvalue weighted by Crippen LogP contribution is 2.17. The SMILES string of the molecule is CCCO[Si](C)(CCCN(CCCOC)CCOC)OCCC. The molecule has 0 bridgehead atoms. The molecule has 0 aliphatic heterocycles. The van der Waals surface area contributed by atoms with Crippen molar-refractivity contribution < 1.29 is 18.3 Å². The maximum atomic E-state index is 6.10. The van der Waals surface area contributed by atoms with Crippen LogP contribution in [0, 0.1) is 0 Å². The van der Waals surface area contributed by atoms with Gasteiger partial charge in [-0.2, -0.15) is 0 Å². The normalized spacial score (nSPS) is 12.3. The Balaban J connectivity index is 4.24. The summed E-state index contributed by atoms with van der Waals surface area (Å²) in [6.45, 7) is 12.8. The van der Waals surface area contributed by atoms with E-state index in [1.54, 1.807) is 14.2 Å². The molecule has 0 fully saturated rings. The van der Waals surface area contributed by atoms with E-state index in [-0.39, 0.29) is 0 Å². The largest absolute Gasteiger partial charge is 0.394 e. The summed E-state index contributed by atoms with van der Waals surface area (Å²) >= 11 is 0. The molecule has 0 N–H and O–H groups in total. The van der Waals surface area contributed by atoms with E-state index >= 15 is 0 Å². The van der Waals surface area contributed by atoms with Gasteiger partial charge in [-0.25, -0.2) is 0 Å². The zero-order valence-electron chi connectivity index (χ0n) is 16.1. The first-order chi connectivity index (χ1) is 11.1. The Bertz CT molecular complexity index is 249. The molecule has 0 aromatic heterocycles. The van der Waals surface area contributed by atoms with Crippen molar-refractivity contribution in [3.63, 3.8) is 0 Å². The number of methoxy groups -OCH3 is 2. The Labute approximate surface area is 144 Å². The first-order valence-electron chi connectivity index (χ1n) is 9.10. The fourth-order valence-corrected chi connectivity index (χ4v) is 4.88. The molecule has 140 valence electrons. The highest BCUT2D eigenvalue weighted by molar-refractivity contribution is 6.66. The van der Waals surface area contributed by atoms with E-state index in [1.165, 1.54) is 0 Å². The summed E-state index contributed by atoms with van der Waals surface area (Å²) in [4.78, 5) is 2.46. The van der Waals surface area contributed by atoms with E-state index in [0.717, 1.165) is 77.8 Å². The van der Waals surface area contributed by atoms with Gasteiger partial charge >= 0.3 is 8.56 Å². The molecular weight excluding hydrogens is 310 g/mol. The van der Waals surface area contributed by atoms with E-state index < -0.39 is 8.56 Å². The van der Waals surface area contributed by atoms with Crippen molar-refractivity contribution in [1.29, 1.82) is 0 Å². The lowest BCUT2D eigenvalue weighted by Crippen LogP contribution is -2.40. The minimum atomic E-state index is -2.01. The summed E-state index contributed by atoms with van der Waals surface area (Å²) in [5, 5.41) is 0. The molecular formula is C17H39NO4Si. The molecule has 0 rings (SSSR count). The second-order valence-electron chi connectivity index (χ2n) is 6.12. The Morgan fingerprint density at radius 2 is 1.30 bits per heavy atom. The fraction of sp³-hybridized carbons (Fsp3) is 1.00. The lowest BCUT2D eigenvalue weighted by molar-refractivity contribution is 0.131. The smallest absolute Gasteiger partial charge is 0.334 e. The second kappa shape index (κ2) is 15.5. The van der Waals surface area contributed by atoms with Crippen LogP contribution in [0.5, 0.6) is 0 Å². The maximum Gasteiger partial charge on any atom is 0.334 e. The molecule has 23 heavy (non-hydrogen) atoms. The summed E-state index contributed by atoms with van der Waals surface area (Å²) in [5.41, 5.74) is 0. The van der Waals surface area contributed by atoms with Gasteiger partial charge in [-0.05, 0) is 44.8 Å². The summed E-state index contributed by atoms with van der Waals surface area (Å²) in [6, 6.07) is 1.06. The highest BCUT2D eigenvalue weighted by Gasteiger charge is 2.30. The third-order valence-electron chi connectivity index (χ3n) is 3.76. The Kier molecular flexibility index (Phi) is 15.6. The monoisotopic (exact) mass is 349 g/mol. The lowest BCUT2D eigenvalue weighted by atomic mass is 10.3. The summed E-state index contributed by atoms with van der Waals surface area (Å²) in [5.74, 6) is 0.